The first-order chi connectivity index (χ1) is 12.5. The third-order valence-corrected chi connectivity index (χ3v) is 6.13. The molecule has 3 N–H and O–H groups in total. The van der Waals surface area contributed by atoms with E-state index in [1.54, 1.807) is 12.1 Å². The largest absolute Gasteiger partial charge is 0.371 e. The summed E-state index contributed by atoms with van der Waals surface area (Å²) in [5, 5.41) is 0. The van der Waals surface area contributed by atoms with Gasteiger partial charge >= 0.3 is 0 Å². The van der Waals surface area contributed by atoms with Crippen LogP contribution in [0.1, 0.15) is 24.3 Å². The number of carbonyl (C=O) groups is 1. The predicted octanol–water partition coefficient (Wildman–Crippen LogP) is 1.83. The average molecular weight is 373 g/mol. The maximum Gasteiger partial charge on any atom is 0.241 e. The normalized spacial score (nSPS) is 15.8. The van der Waals surface area contributed by atoms with Gasteiger partial charge in [-0.05, 0) is 48.6 Å². The first-order valence-corrected chi connectivity index (χ1v) is 10.1. The van der Waals surface area contributed by atoms with Crippen LogP contribution in [0.25, 0.3) is 0 Å². The number of piperidine rings is 1. The molecule has 138 valence electrons. The molecule has 7 heteroatoms. The molecule has 6 nitrogen and oxygen atoms in total. The van der Waals surface area contributed by atoms with E-state index in [1.807, 2.05) is 18.2 Å². The van der Waals surface area contributed by atoms with Crippen LogP contribution in [0, 0.1) is 0 Å². The maximum absolute atomic E-state index is 12.1. The summed E-state index contributed by atoms with van der Waals surface area (Å²) in [5.74, 6) is -0.142. The Labute approximate surface area is 154 Å². The molecule has 0 atom stereocenters. The van der Waals surface area contributed by atoms with E-state index in [9.17, 15) is 13.2 Å². The highest BCUT2D eigenvalue weighted by atomic mass is 32.2. The Morgan fingerprint density at radius 1 is 1.04 bits per heavy atom. The fourth-order valence-corrected chi connectivity index (χ4v) is 4.28. The number of hydrogen-bond acceptors (Lipinski definition) is 4. The Balaban J connectivity index is 1.62. The van der Waals surface area contributed by atoms with Gasteiger partial charge in [-0.1, -0.05) is 30.3 Å². The molecular weight excluding hydrogens is 350 g/mol. The summed E-state index contributed by atoms with van der Waals surface area (Å²) in [5.41, 5.74) is 7.37. The van der Waals surface area contributed by atoms with Crippen molar-refractivity contribution in [3.8, 4) is 0 Å². The van der Waals surface area contributed by atoms with Gasteiger partial charge in [0.15, 0.2) is 0 Å². The van der Waals surface area contributed by atoms with Crippen LogP contribution in [0.3, 0.4) is 0 Å². The summed E-state index contributed by atoms with van der Waals surface area (Å²) in [6, 6.07) is 17.3. The molecule has 0 aliphatic carbocycles. The smallest absolute Gasteiger partial charge is 0.241 e. The summed E-state index contributed by atoms with van der Waals surface area (Å²) in [6.45, 7) is 1.47. The summed E-state index contributed by atoms with van der Waals surface area (Å²) in [7, 11) is -3.72. The standard InChI is InChI=1S/C19H23N3O3S/c20-19(23)14-21-26(24,25)18-8-6-17(7-9-18)22-12-10-16(11-13-22)15-4-2-1-3-5-15/h1-9,16,21H,10-14H2,(H2,20,23). The molecule has 26 heavy (non-hydrogen) atoms. The van der Waals surface area contributed by atoms with Crippen molar-refractivity contribution in [2.75, 3.05) is 24.5 Å². The van der Waals surface area contributed by atoms with E-state index in [0.717, 1.165) is 31.6 Å². The quantitative estimate of drug-likeness (QED) is 0.808. The van der Waals surface area contributed by atoms with Gasteiger partial charge in [0.1, 0.15) is 0 Å². The number of benzene rings is 2. The van der Waals surface area contributed by atoms with E-state index in [4.69, 9.17) is 5.73 Å². The molecule has 0 saturated carbocycles. The highest BCUT2D eigenvalue weighted by Gasteiger charge is 2.21. The van der Waals surface area contributed by atoms with Crippen molar-refractivity contribution in [1.29, 1.82) is 0 Å². The molecule has 2 aromatic rings. The van der Waals surface area contributed by atoms with Crippen molar-refractivity contribution in [2.45, 2.75) is 23.7 Å². The molecule has 0 aromatic heterocycles. The number of nitrogens with zero attached hydrogens (tertiary/aromatic N) is 1. The maximum atomic E-state index is 12.1. The zero-order valence-corrected chi connectivity index (χ0v) is 15.3. The van der Waals surface area contributed by atoms with E-state index in [-0.39, 0.29) is 4.90 Å². The predicted molar refractivity (Wildman–Crippen MR) is 101 cm³/mol. The van der Waals surface area contributed by atoms with Gasteiger partial charge in [-0.25, -0.2) is 13.1 Å². The second kappa shape index (κ2) is 7.88. The molecule has 3 rings (SSSR count). The van der Waals surface area contributed by atoms with Crippen molar-refractivity contribution in [2.24, 2.45) is 5.73 Å². The number of nitrogens with one attached hydrogen (secondary N) is 1. The van der Waals surface area contributed by atoms with Crippen LogP contribution >= 0.6 is 0 Å². The summed E-state index contributed by atoms with van der Waals surface area (Å²) in [6.07, 6.45) is 2.15. The van der Waals surface area contributed by atoms with Crippen LogP contribution in [0.2, 0.25) is 0 Å². The Morgan fingerprint density at radius 2 is 1.65 bits per heavy atom. The van der Waals surface area contributed by atoms with Gasteiger partial charge in [-0.15, -0.1) is 0 Å². The van der Waals surface area contributed by atoms with Gasteiger partial charge in [0.2, 0.25) is 15.9 Å². The van der Waals surface area contributed by atoms with Crippen LogP contribution in [0.4, 0.5) is 5.69 Å². The summed E-state index contributed by atoms with van der Waals surface area (Å²) < 4.78 is 26.4. The SMILES string of the molecule is NC(=O)CNS(=O)(=O)c1ccc(N2CCC(c3ccccc3)CC2)cc1. The fraction of sp³-hybridized carbons (Fsp3) is 0.316. The molecule has 0 bridgehead atoms. The molecule has 0 unspecified atom stereocenters. The second-order valence-corrected chi connectivity index (χ2v) is 8.22. The minimum absolute atomic E-state index is 0.127. The van der Waals surface area contributed by atoms with Crippen molar-refractivity contribution in [1.82, 2.24) is 4.72 Å². The molecule has 1 aliphatic rings. The minimum Gasteiger partial charge on any atom is -0.371 e. The lowest BCUT2D eigenvalue weighted by atomic mass is 9.89. The molecule has 1 aliphatic heterocycles. The molecule has 0 radical (unpaired) electrons. The summed E-state index contributed by atoms with van der Waals surface area (Å²) in [4.78, 5) is 13.2. The Hall–Kier alpha value is -2.38. The molecule has 0 spiro atoms. The van der Waals surface area contributed by atoms with Crippen molar-refractivity contribution in [3.05, 3.63) is 60.2 Å². The van der Waals surface area contributed by atoms with Crippen molar-refractivity contribution >= 4 is 21.6 Å². The van der Waals surface area contributed by atoms with Crippen molar-refractivity contribution < 1.29 is 13.2 Å². The summed E-state index contributed by atoms with van der Waals surface area (Å²) >= 11 is 0. The lowest BCUT2D eigenvalue weighted by Gasteiger charge is -2.34. The zero-order valence-electron chi connectivity index (χ0n) is 14.5. The van der Waals surface area contributed by atoms with Crippen LogP contribution < -0.4 is 15.4 Å². The van der Waals surface area contributed by atoms with Crippen LogP contribution in [0.5, 0.6) is 0 Å². The molecule has 1 heterocycles. The number of primary amides is 1. The highest BCUT2D eigenvalue weighted by molar-refractivity contribution is 7.89. The topological polar surface area (TPSA) is 92.5 Å². The van der Waals surface area contributed by atoms with Gasteiger partial charge in [-0.2, -0.15) is 0 Å². The molecule has 1 saturated heterocycles. The number of carbonyl (C=O) groups excluding carboxylic acids is 1. The number of nitrogens with two attached hydrogens (primary N) is 1. The van der Waals surface area contributed by atoms with Crippen LogP contribution in [0.15, 0.2) is 59.5 Å². The van der Waals surface area contributed by atoms with Gasteiger partial charge < -0.3 is 10.6 Å². The van der Waals surface area contributed by atoms with Crippen molar-refractivity contribution in [3.63, 3.8) is 0 Å². The van der Waals surface area contributed by atoms with Gasteiger partial charge in [-0.3, -0.25) is 4.79 Å². The highest BCUT2D eigenvalue weighted by Crippen LogP contribution is 2.30. The third-order valence-electron chi connectivity index (χ3n) is 4.71. The van der Waals surface area contributed by atoms with E-state index in [2.05, 4.69) is 33.9 Å². The van der Waals surface area contributed by atoms with E-state index in [1.165, 1.54) is 5.56 Å². The fourth-order valence-electron chi connectivity index (χ4n) is 3.28. The number of amides is 1. The number of hydrogen-bond donors (Lipinski definition) is 2. The van der Waals surface area contributed by atoms with Gasteiger partial charge in [0, 0.05) is 18.8 Å². The number of sulfonamides is 1. The Morgan fingerprint density at radius 3 is 2.23 bits per heavy atom. The molecular formula is C19H23N3O3S. The molecule has 1 amide bonds. The molecule has 2 aromatic carbocycles. The first-order valence-electron chi connectivity index (χ1n) is 8.63. The minimum atomic E-state index is -3.72. The monoisotopic (exact) mass is 373 g/mol. The Kier molecular flexibility index (Phi) is 5.58. The van der Waals surface area contributed by atoms with E-state index >= 15 is 0 Å². The first kappa shape index (κ1) is 18.4. The van der Waals surface area contributed by atoms with E-state index in [0.29, 0.717) is 5.92 Å². The molecule has 1 fully saturated rings. The van der Waals surface area contributed by atoms with Crippen LogP contribution in [-0.2, 0) is 14.8 Å². The van der Waals surface area contributed by atoms with Crippen LogP contribution in [-0.4, -0.2) is 34.0 Å². The second-order valence-electron chi connectivity index (χ2n) is 6.46. The lowest BCUT2D eigenvalue weighted by Crippen LogP contribution is -2.34. The average Bonchev–Trinajstić information content (AvgIpc) is 2.67. The number of rotatable bonds is 6. The van der Waals surface area contributed by atoms with E-state index < -0.39 is 22.5 Å². The zero-order chi connectivity index (χ0) is 18.6. The number of anilines is 1. The Bertz CT molecular complexity index is 843. The van der Waals surface area contributed by atoms with Gasteiger partial charge in [0.05, 0.1) is 11.4 Å². The van der Waals surface area contributed by atoms with Gasteiger partial charge in [0.25, 0.3) is 0 Å². The third kappa shape index (κ3) is 4.42. The lowest BCUT2D eigenvalue weighted by molar-refractivity contribution is -0.116.